The molecule has 0 saturated heterocycles. The zero-order chi connectivity index (χ0) is 104. The number of rotatable bonds is 29. The molecule has 36 heteroatoms. The summed E-state index contributed by atoms with van der Waals surface area (Å²) in [5.41, 5.74) is 23.5. The highest BCUT2D eigenvalue weighted by Gasteiger charge is 2.66. The Balaban J connectivity index is 0.000000112. The standard InChI is InChI=1S/C30H42N4O3Si.C24H30N4O3.C24H28N4O2.C17H24N4O3.C10H15ClO.C7H12N4O2/c1-5-11-32-27(35)25-26(33(29(32)36)19-21-9-7-6-8-10-21)31-28(34(25)20-37-12-13-38(2,3)4)30-17-22-14-23(18-30)16-24(30)15-22;1-2-8-27-21(29)19(20(25)28(23(27)31)14-15-6-4-3-5-7-15)26-22(30)24-12-16-9-17(13-24)11-18(24)10-16;1-2-8-27-21(29)19-20(28(23(27)30)14-15-6-4-3-5-7-15)26-22(25-19)24-12-16-9-17(13-24)11-18(24)10-16;1-2-3-21-14(22)12(13(18)20-16(21)24)19-15(23)17-7-9-4-10(8-17)6-11(17)5-9;11-6-12-10-4-7-1-8(5-10)3-9(10)2-7;1-2-3-11-6(12)4(8)5(9)10-7(11)13/h6-10,22-24H,5,11-20H2,1-4H3;3-7,16-18H,2,8-14,25H2,1H3,(H,26,30);3-7,16-18H,2,8-14H2,1H3,(H,25,26);9-11H,2-8,18H2,1H3,(H,19,23)(H,20,24);7-9H,1-6H2;2-3,8-9H2,1H3,(H,10,13). The maximum atomic E-state index is 14.0. The Bertz CT molecular complexity index is 7270. The van der Waals surface area contributed by atoms with Crippen LogP contribution in [0.25, 0.3) is 22.3 Å². The number of nitrogens with one attached hydrogen (secondary N) is 5. The van der Waals surface area contributed by atoms with Crippen molar-refractivity contribution >= 4 is 88.3 Å². The molecule has 20 fully saturated rings. The lowest BCUT2D eigenvalue weighted by atomic mass is 9.75. The molecule has 0 aliphatic heterocycles. The molecular formula is C112H151ClN20O14Si. The van der Waals surface area contributed by atoms with Crippen LogP contribution >= 0.6 is 11.6 Å². The number of nitrogens with two attached hydrogens (primary N) is 4. The molecular weight excluding hydrogens is 1910 g/mol. The van der Waals surface area contributed by atoms with Crippen LogP contribution in [-0.4, -0.2) is 104 Å². The fourth-order valence-corrected chi connectivity index (χ4v) is 32.9. The maximum Gasteiger partial charge on any atom is 0.333 e. The van der Waals surface area contributed by atoms with E-state index < -0.39 is 41.8 Å². The van der Waals surface area contributed by atoms with Crippen LogP contribution in [0.1, 0.15) is 256 Å². The number of carbonyl (C=O) groups is 2. The predicted molar refractivity (Wildman–Crippen MR) is 578 cm³/mol. The molecule has 794 valence electrons. The summed E-state index contributed by atoms with van der Waals surface area (Å²) in [6.45, 7) is 20.5. The van der Waals surface area contributed by atoms with E-state index in [1.807, 2.05) is 126 Å². The van der Waals surface area contributed by atoms with Gasteiger partial charge in [0.05, 0.1) is 36.1 Å². The second-order valence-electron chi connectivity index (χ2n) is 48.3. The van der Waals surface area contributed by atoms with Crippen molar-refractivity contribution in [2.45, 2.75) is 328 Å². The van der Waals surface area contributed by atoms with E-state index in [4.69, 9.17) is 54.0 Å². The average molecular weight is 2070 g/mol. The number of imidazole rings is 2. The Morgan fingerprint density at radius 3 is 1.25 bits per heavy atom. The number of hydrogen-bond acceptors (Lipinski definition) is 20. The Morgan fingerprint density at radius 2 is 0.784 bits per heavy atom. The molecule has 2 amide bonds. The summed E-state index contributed by atoms with van der Waals surface area (Å²) < 4.78 is 25.1. The number of H-pyrrole nitrogens is 3. The van der Waals surface area contributed by atoms with Crippen LogP contribution in [0.2, 0.25) is 25.7 Å². The predicted octanol–water partition coefficient (Wildman–Crippen LogP) is 14.6. The fourth-order valence-electron chi connectivity index (χ4n) is 31.9. The molecule has 10 atom stereocenters. The maximum absolute atomic E-state index is 14.0. The average Bonchev–Trinajstić information content (AvgIpc) is 1.55. The summed E-state index contributed by atoms with van der Waals surface area (Å²) in [5.74, 6) is 12.3. The minimum absolute atomic E-state index is 0.00436. The molecule has 148 heavy (non-hydrogen) atoms. The van der Waals surface area contributed by atoms with Gasteiger partial charge in [-0.3, -0.25) is 84.6 Å². The third kappa shape index (κ3) is 19.0. The minimum Gasteiger partial charge on any atom is -0.391 e. The normalized spacial score (nSPS) is 29.3. The Kier molecular flexibility index (Phi) is 29.0. The second-order valence-corrected chi connectivity index (χ2v) is 54.2. The number of nitrogen functional groups attached to an aromatic ring is 4. The number of ether oxygens (including phenoxy) is 2. The van der Waals surface area contributed by atoms with Crippen molar-refractivity contribution in [1.29, 1.82) is 0 Å². The number of halogens is 1. The molecule has 3 aromatic carbocycles. The molecule has 30 rings (SSSR count). The van der Waals surface area contributed by atoms with Crippen LogP contribution in [-0.2, 0) is 89.0 Å². The molecule has 0 spiro atoms. The van der Waals surface area contributed by atoms with E-state index in [2.05, 4.69) is 49.8 Å². The Labute approximate surface area is 866 Å². The Hall–Kier alpha value is -11.4. The number of nitrogens with zero attached hydrogens (tertiary/aromatic N) is 11. The molecule has 34 nitrogen and oxygen atoms in total. The number of benzene rings is 3. The molecule has 7 aromatic heterocycles. The third-order valence-electron chi connectivity index (χ3n) is 37.4. The highest BCUT2D eigenvalue weighted by molar-refractivity contribution is 6.76. The lowest BCUT2D eigenvalue weighted by Gasteiger charge is -2.32. The fraction of sp³-hybridized carbons (Fsp3) is 0.625. The van der Waals surface area contributed by atoms with Gasteiger partial charge in [0.25, 0.3) is 27.8 Å². The Morgan fingerprint density at radius 1 is 0.405 bits per heavy atom. The van der Waals surface area contributed by atoms with Crippen molar-refractivity contribution < 1.29 is 19.1 Å². The van der Waals surface area contributed by atoms with Gasteiger partial charge in [-0.2, -0.15) is 0 Å². The van der Waals surface area contributed by atoms with Crippen LogP contribution in [0.4, 0.5) is 34.5 Å². The first-order valence-corrected chi connectivity index (χ1v) is 59.4. The number of aromatic nitrogens is 14. The molecule has 0 radical (unpaired) electrons. The van der Waals surface area contributed by atoms with E-state index in [-0.39, 0.29) is 109 Å². The van der Waals surface area contributed by atoms with Crippen molar-refractivity contribution in [3.63, 3.8) is 0 Å². The van der Waals surface area contributed by atoms with Gasteiger partial charge in [0.1, 0.15) is 64.5 Å². The van der Waals surface area contributed by atoms with E-state index in [1.54, 1.807) is 9.13 Å². The number of hydrogen-bond donors (Lipinski definition) is 9. The molecule has 10 aromatic rings. The van der Waals surface area contributed by atoms with Crippen molar-refractivity contribution in [1.82, 2.24) is 66.0 Å². The van der Waals surface area contributed by atoms with E-state index in [0.29, 0.717) is 148 Å². The largest absolute Gasteiger partial charge is 0.391 e. The summed E-state index contributed by atoms with van der Waals surface area (Å²) in [4.78, 5) is 172. The SMILES string of the molecule is CCCn1c(=O)[nH]c(N)c(N)c1=O.CCCn1c(=O)[nH]c(N)c(NC(=O)C23CC4CC(CC2C4)C3)c1=O.CCCn1c(=O)c(NC(=O)C23CC4CC(CC2C4)C3)c(N)n(Cc2ccccc2)c1=O.CCCn1c(=O)c2[nH]c(C34CC5CC(CC3C5)C4)nc2n(Cc2ccccc2)c1=O.CCCn1c(=O)c2c(nc(C34CC5CC(CC3C5)C4)n2COCC[Si](C)(C)C)n(Cc2ccccc2)c1=O.ClCOC12CC3CC(CC1C3)C2. The van der Waals surface area contributed by atoms with Crippen molar-refractivity contribution in [3.8, 4) is 0 Å². The second kappa shape index (κ2) is 41.4. The number of alkyl halides is 1. The number of fused-ring (bicyclic) bond motifs is 2. The number of carbonyl (C=O) groups excluding carboxylic acids is 2. The summed E-state index contributed by atoms with van der Waals surface area (Å²) in [6, 6.07) is 30.9. The van der Waals surface area contributed by atoms with E-state index in [0.717, 1.165) is 162 Å². The molecule has 7 heterocycles. The monoisotopic (exact) mass is 2060 g/mol. The van der Waals surface area contributed by atoms with Gasteiger partial charge in [-0.1, -0.05) is 157 Å². The first-order valence-electron chi connectivity index (χ1n) is 55.2. The minimum atomic E-state index is -1.25. The van der Waals surface area contributed by atoms with Gasteiger partial charge in [0.15, 0.2) is 16.8 Å². The molecule has 20 bridgehead atoms. The lowest BCUT2D eigenvalue weighted by Crippen LogP contribution is -2.45. The lowest BCUT2D eigenvalue weighted by molar-refractivity contribution is -0.128. The summed E-state index contributed by atoms with van der Waals surface area (Å²) in [7, 11) is -1.25. The van der Waals surface area contributed by atoms with Crippen molar-refractivity contribution in [3.05, 3.63) is 224 Å². The first kappa shape index (κ1) is 104. The number of anilines is 6. The third-order valence-corrected chi connectivity index (χ3v) is 39.2. The molecule has 20 aliphatic rings. The molecule has 20 aliphatic carbocycles. The van der Waals surface area contributed by atoms with E-state index in [1.165, 1.54) is 115 Å². The smallest absolute Gasteiger partial charge is 0.333 e. The van der Waals surface area contributed by atoms with Gasteiger partial charge in [-0.15, -0.1) is 0 Å². The molecule has 13 N–H and O–H groups in total. The number of amides is 2. The number of aromatic amines is 3. The van der Waals surface area contributed by atoms with Crippen LogP contribution in [0.15, 0.2) is 139 Å². The van der Waals surface area contributed by atoms with Gasteiger partial charge in [-0.25, -0.2) is 33.9 Å². The molecule has 20 saturated carbocycles. The van der Waals surface area contributed by atoms with Gasteiger partial charge in [0.2, 0.25) is 11.8 Å². The topological polar surface area (TPSA) is 469 Å². The highest BCUT2D eigenvalue weighted by atomic mass is 35.5. The van der Waals surface area contributed by atoms with Crippen LogP contribution < -0.4 is 89.8 Å². The van der Waals surface area contributed by atoms with Gasteiger partial charge < -0.3 is 48.0 Å². The van der Waals surface area contributed by atoms with Crippen molar-refractivity contribution in [2.75, 3.05) is 46.2 Å². The summed E-state index contributed by atoms with van der Waals surface area (Å²) in [5, 5.41) is 5.70. The van der Waals surface area contributed by atoms with Crippen LogP contribution in [0.3, 0.4) is 0 Å². The van der Waals surface area contributed by atoms with Gasteiger partial charge >= 0.3 is 28.4 Å². The van der Waals surface area contributed by atoms with Gasteiger partial charge in [-0.05, 0) is 304 Å². The van der Waals surface area contributed by atoms with Gasteiger partial charge in [0, 0.05) is 58.2 Å². The summed E-state index contributed by atoms with van der Waals surface area (Å²) >= 11 is 5.68. The van der Waals surface area contributed by atoms with Crippen LogP contribution in [0, 0.1) is 99.6 Å². The quantitative estimate of drug-likeness (QED) is 0.0119. The zero-order valence-electron chi connectivity index (χ0n) is 87.3. The van der Waals surface area contributed by atoms with Crippen molar-refractivity contribution in [2.24, 2.45) is 99.6 Å². The highest BCUT2D eigenvalue weighted by Crippen LogP contribution is 2.70. The van der Waals surface area contributed by atoms with E-state index in [9.17, 15) is 57.5 Å². The van der Waals surface area contributed by atoms with Crippen LogP contribution in [0.5, 0.6) is 0 Å². The summed E-state index contributed by atoms with van der Waals surface area (Å²) in [6.07, 6.45) is 33.5. The van der Waals surface area contributed by atoms with E-state index >= 15 is 0 Å². The first-order chi connectivity index (χ1) is 71.0. The zero-order valence-corrected chi connectivity index (χ0v) is 89.1. The molecule has 10 unspecified atom stereocenters.